The van der Waals surface area contributed by atoms with Gasteiger partial charge in [0.25, 0.3) is 5.56 Å². The van der Waals surface area contributed by atoms with Gasteiger partial charge in [-0.15, -0.1) is 16.8 Å². The number of thioether (sulfide) groups is 1. The molecule has 0 aliphatic carbocycles. The van der Waals surface area contributed by atoms with Gasteiger partial charge in [-0.3, -0.25) is 23.9 Å². The Bertz CT molecular complexity index is 1120. The van der Waals surface area contributed by atoms with Crippen molar-refractivity contribution in [2.75, 3.05) is 12.3 Å². The number of carbonyl (C=O) groups is 2. The highest BCUT2D eigenvalue weighted by atomic mass is 32.2. The van der Waals surface area contributed by atoms with Crippen molar-refractivity contribution in [2.45, 2.75) is 31.5 Å². The van der Waals surface area contributed by atoms with E-state index in [9.17, 15) is 14.4 Å². The summed E-state index contributed by atoms with van der Waals surface area (Å²) in [7, 11) is 0. The maximum Gasteiger partial charge on any atom is 0.321 e. The zero-order chi connectivity index (χ0) is 20.8. The highest BCUT2D eigenvalue weighted by Crippen LogP contribution is 2.21. The van der Waals surface area contributed by atoms with Crippen molar-refractivity contribution in [3.05, 3.63) is 47.3 Å². The molecule has 1 aromatic carbocycles. The Balaban J connectivity index is 1.91. The standard InChI is InChI=1S/C19H22N6O3S/c1-3-5-11-24-16(27)13-8-6-7-9-14(13)25-18(24)22-23-19(25)29-12-15(26)21-17(28)20-10-4-2/h4,6-9H,2-3,5,10-12H2,1H3,(H2,20,21,26,28). The number of nitrogens with one attached hydrogen (secondary N) is 2. The van der Waals surface area contributed by atoms with E-state index >= 15 is 0 Å². The van der Waals surface area contributed by atoms with Crippen LogP contribution in [0.2, 0.25) is 0 Å². The molecule has 9 nitrogen and oxygen atoms in total. The number of benzene rings is 1. The van der Waals surface area contributed by atoms with Gasteiger partial charge >= 0.3 is 6.03 Å². The number of imide groups is 1. The molecule has 0 atom stereocenters. The number of aromatic nitrogens is 4. The van der Waals surface area contributed by atoms with Crippen LogP contribution < -0.4 is 16.2 Å². The summed E-state index contributed by atoms with van der Waals surface area (Å²) in [5.74, 6) is -0.0456. The van der Waals surface area contributed by atoms with Crippen molar-refractivity contribution < 1.29 is 9.59 Å². The highest BCUT2D eigenvalue weighted by Gasteiger charge is 2.17. The van der Waals surface area contributed by atoms with Crippen LogP contribution in [0.5, 0.6) is 0 Å². The van der Waals surface area contributed by atoms with Crippen LogP contribution in [0.3, 0.4) is 0 Å². The first-order valence-corrected chi connectivity index (χ1v) is 10.2. The van der Waals surface area contributed by atoms with Crippen LogP contribution in [0.15, 0.2) is 46.9 Å². The average molecular weight is 414 g/mol. The number of nitrogens with zero attached hydrogens (tertiary/aromatic N) is 4. The van der Waals surface area contributed by atoms with Gasteiger partial charge in [0.2, 0.25) is 11.7 Å². The second-order valence-corrected chi connectivity index (χ2v) is 7.22. The quantitative estimate of drug-likeness (QED) is 0.431. The fourth-order valence-corrected chi connectivity index (χ4v) is 3.59. The lowest BCUT2D eigenvalue weighted by Gasteiger charge is -2.10. The minimum absolute atomic E-state index is 0.0231. The third-order valence-electron chi connectivity index (χ3n) is 4.21. The van der Waals surface area contributed by atoms with Gasteiger partial charge in [-0.05, 0) is 18.6 Å². The monoisotopic (exact) mass is 414 g/mol. The molecule has 10 heteroatoms. The van der Waals surface area contributed by atoms with E-state index in [1.807, 2.05) is 18.2 Å². The molecule has 0 spiro atoms. The van der Waals surface area contributed by atoms with E-state index in [0.717, 1.165) is 24.6 Å². The molecule has 0 radical (unpaired) electrons. The maximum atomic E-state index is 12.9. The van der Waals surface area contributed by atoms with Gasteiger partial charge in [-0.2, -0.15) is 0 Å². The number of rotatable bonds is 8. The van der Waals surface area contributed by atoms with Gasteiger partial charge < -0.3 is 5.32 Å². The van der Waals surface area contributed by atoms with Crippen LogP contribution in [0.25, 0.3) is 16.7 Å². The number of unbranched alkanes of at least 4 members (excludes halogenated alkanes) is 1. The molecule has 0 unspecified atom stereocenters. The normalized spacial score (nSPS) is 10.9. The summed E-state index contributed by atoms with van der Waals surface area (Å²) in [5.41, 5.74) is 0.569. The summed E-state index contributed by atoms with van der Waals surface area (Å²) in [4.78, 5) is 36.5. The number of carbonyl (C=O) groups excluding carboxylic acids is 2. The van der Waals surface area contributed by atoms with Crippen molar-refractivity contribution in [1.82, 2.24) is 29.8 Å². The second kappa shape index (κ2) is 9.37. The molecular weight excluding hydrogens is 392 g/mol. The van der Waals surface area contributed by atoms with E-state index < -0.39 is 11.9 Å². The van der Waals surface area contributed by atoms with E-state index in [4.69, 9.17) is 0 Å². The summed E-state index contributed by atoms with van der Waals surface area (Å²) in [6.07, 6.45) is 3.30. The molecule has 152 valence electrons. The van der Waals surface area contributed by atoms with Crippen LogP contribution in [-0.2, 0) is 11.3 Å². The largest absolute Gasteiger partial charge is 0.334 e. The Morgan fingerprint density at radius 3 is 2.83 bits per heavy atom. The molecule has 2 N–H and O–H groups in total. The Labute approximate surface area is 171 Å². The number of aryl methyl sites for hydroxylation is 1. The lowest BCUT2D eigenvalue weighted by Crippen LogP contribution is -2.40. The molecule has 0 aliphatic rings. The van der Waals surface area contributed by atoms with Crippen molar-refractivity contribution >= 4 is 40.4 Å². The summed E-state index contributed by atoms with van der Waals surface area (Å²) >= 11 is 1.15. The number of urea groups is 1. The van der Waals surface area contributed by atoms with Crippen molar-refractivity contribution in [1.29, 1.82) is 0 Å². The van der Waals surface area contributed by atoms with E-state index in [2.05, 4.69) is 34.3 Å². The Morgan fingerprint density at radius 1 is 1.28 bits per heavy atom. The smallest absolute Gasteiger partial charge is 0.321 e. The summed E-state index contributed by atoms with van der Waals surface area (Å²) < 4.78 is 3.40. The molecule has 0 saturated carbocycles. The molecule has 3 amide bonds. The van der Waals surface area contributed by atoms with Gasteiger partial charge in [0.05, 0.1) is 16.7 Å². The van der Waals surface area contributed by atoms with Gasteiger partial charge in [0.15, 0.2) is 5.16 Å². The van der Waals surface area contributed by atoms with E-state index in [1.165, 1.54) is 6.08 Å². The fraction of sp³-hybridized carbons (Fsp3) is 0.316. The number of para-hydroxylation sites is 1. The van der Waals surface area contributed by atoms with E-state index in [0.29, 0.717) is 28.4 Å². The Morgan fingerprint density at radius 2 is 2.07 bits per heavy atom. The van der Waals surface area contributed by atoms with Crippen LogP contribution in [0.1, 0.15) is 19.8 Å². The second-order valence-electron chi connectivity index (χ2n) is 6.28. The third-order valence-corrected chi connectivity index (χ3v) is 5.13. The number of amides is 3. The molecule has 0 saturated heterocycles. The Kier molecular flexibility index (Phi) is 6.65. The summed E-state index contributed by atoms with van der Waals surface area (Å²) in [6, 6.07) is 6.66. The Hall–Kier alpha value is -3.14. The van der Waals surface area contributed by atoms with Gasteiger partial charge in [-0.1, -0.05) is 43.3 Å². The number of hydrogen-bond acceptors (Lipinski definition) is 6. The first kappa shape index (κ1) is 20.6. The zero-order valence-electron chi connectivity index (χ0n) is 16.1. The predicted molar refractivity (Wildman–Crippen MR) is 112 cm³/mol. The molecule has 0 fully saturated rings. The molecule has 3 aromatic rings. The SMILES string of the molecule is C=CCNC(=O)NC(=O)CSc1nnc2n(CCCC)c(=O)c3ccccc3n12. The highest BCUT2D eigenvalue weighted by molar-refractivity contribution is 7.99. The van der Waals surface area contributed by atoms with Crippen molar-refractivity contribution in [3.63, 3.8) is 0 Å². The minimum Gasteiger partial charge on any atom is -0.334 e. The lowest BCUT2D eigenvalue weighted by atomic mass is 10.2. The molecule has 2 aromatic heterocycles. The molecule has 2 heterocycles. The minimum atomic E-state index is -0.583. The first-order chi connectivity index (χ1) is 14.1. The number of hydrogen-bond donors (Lipinski definition) is 2. The predicted octanol–water partition coefficient (Wildman–Crippen LogP) is 1.95. The van der Waals surface area contributed by atoms with Crippen molar-refractivity contribution in [2.24, 2.45) is 0 Å². The summed E-state index contributed by atoms with van der Waals surface area (Å²) in [6.45, 7) is 6.35. The topological polar surface area (TPSA) is 110 Å². The molecule has 3 rings (SSSR count). The van der Waals surface area contributed by atoms with Crippen LogP contribution in [-0.4, -0.2) is 43.4 Å². The fourth-order valence-electron chi connectivity index (χ4n) is 2.85. The molecular formula is C19H22N6O3S. The lowest BCUT2D eigenvalue weighted by molar-refractivity contribution is -0.117. The molecule has 0 aliphatic heterocycles. The number of fused-ring (bicyclic) bond motifs is 3. The third kappa shape index (κ3) is 4.48. The maximum absolute atomic E-state index is 12.9. The van der Waals surface area contributed by atoms with Crippen LogP contribution in [0.4, 0.5) is 4.79 Å². The van der Waals surface area contributed by atoms with Gasteiger partial charge in [0, 0.05) is 13.1 Å². The van der Waals surface area contributed by atoms with Gasteiger partial charge in [0.1, 0.15) is 0 Å². The summed E-state index contributed by atoms with van der Waals surface area (Å²) in [5, 5.41) is 14.1. The first-order valence-electron chi connectivity index (χ1n) is 9.24. The van der Waals surface area contributed by atoms with Crippen LogP contribution in [0, 0.1) is 0 Å². The average Bonchev–Trinajstić information content (AvgIpc) is 3.14. The van der Waals surface area contributed by atoms with Gasteiger partial charge in [-0.25, -0.2) is 4.79 Å². The molecule has 29 heavy (non-hydrogen) atoms. The van der Waals surface area contributed by atoms with E-state index in [-0.39, 0.29) is 17.9 Å². The molecule has 0 bridgehead atoms. The van der Waals surface area contributed by atoms with E-state index in [1.54, 1.807) is 15.0 Å². The zero-order valence-corrected chi connectivity index (χ0v) is 16.9. The van der Waals surface area contributed by atoms with Crippen molar-refractivity contribution in [3.8, 4) is 0 Å². The van der Waals surface area contributed by atoms with Crippen LogP contribution >= 0.6 is 11.8 Å².